The summed E-state index contributed by atoms with van der Waals surface area (Å²) in [5, 5.41) is 8.61. The van der Waals surface area contributed by atoms with E-state index in [1.54, 1.807) is 5.38 Å². The highest BCUT2D eigenvalue weighted by Crippen LogP contribution is 2.22. The normalized spacial score (nSPS) is 10.4. The molecule has 1 aromatic heterocycles. The number of hydrogen-bond donors (Lipinski definition) is 2. The molecule has 2 N–H and O–H groups in total. The third-order valence-electron chi connectivity index (χ3n) is 3.79. The van der Waals surface area contributed by atoms with Crippen LogP contribution in [0.25, 0.3) is 0 Å². The molecule has 5 heteroatoms. The highest BCUT2D eigenvalue weighted by atomic mass is 32.1. The summed E-state index contributed by atoms with van der Waals surface area (Å²) >= 11 is 1.42. The van der Waals surface area contributed by atoms with Gasteiger partial charge in [-0.25, -0.2) is 4.98 Å². The number of rotatable bonds is 5. The summed E-state index contributed by atoms with van der Waals surface area (Å²) in [5.74, 6) is -0.164. The molecule has 0 saturated carbocycles. The molecule has 122 valence electrons. The highest BCUT2D eigenvalue weighted by molar-refractivity contribution is 7.14. The molecular formula is C19H19N3OS. The molecule has 0 atom stereocenters. The highest BCUT2D eigenvalue weighted by Gasteiger charge is 2.10. The minimum absolute atomic E-state index is 0.164. The van der Waals surface area contributed by atoms with Crippen molar-refractivity contribution in [3.8, 4) is 0 Å². The van der Waals surface area contributed by atoms with Gasteiger partial charge in [-0.2, -0.15) is 0 Å². The van der Waals surface area contributed by atoms with Crippen molar-refractivity contribution < 1.29 is 4.79 Å². The average Bonchev–Trinajstić information content (AvgIpc) is 3.05. The number of aryl methyl sites for hydroxylation is 2. The second kappa shape index (κ2) is 7.27. The van der Waals surface area contributed by atoms with Crippen LogP contribution < -0.4 is 10.6 Å². The van der Waals surface area contributed by atoms with Gasteiger partial charge in [0.2, 0.25) is 0 Å². The number of anilines is 2. The SMILES string of the molecule is Cc1ccc(Nc2nc(C(=O)NCc3ccccc3)cs2)cc1C. The van der Waals surface area contributed by atoms with Crippen LogP contribution in [0.15, 0.2) is 53.9 Å². The van der Waals surface area contributed by atoms with Crippen LogP contribution in [0, 0.1) is 13.8 Å². The number of hydrogen-bond acceptors (Lipinski definition) is 4. The topological polar surface area (TPSA) is 54.0 Å². The molecule has 0 saturated heterocycles. The summed E-state index contributed by atoms with van der Waals surface area (Å²) in [7, 11) is 0. The molecular weight excluding hydrogens is 318 g/mol. The number of carbonyl (C=O) groups is 1. The van der Waals surface area contributed by atoms with Crippen LogP contribution >= 0.6 is 11.3 Å². The van der Waals surface area contributed by atoms with Gasteiger partial charge in [0.1, 0.15) is 5.69 Å². The first kappa shape index (κ1) is 16.2. The Labute approximate surface area is 145 Å². The van der Waals surface area contributed by atoms with Crippen LogP contribution in [0.3, 0.4) is 0 Å². The second-order valence-corrected chi connectivity index (χ2v) is 6.49. The summed E-state index contributed by atoms with van der Waals surface area (Å²) in [5.41, 5.74) is 4.94. The summed E-state index contributed by atoms with van der Waals surface area (Å²) in [6.07, 6.45) is 0. The molecule has 0 spiro atoms. The first-order valence-electron chi connectivity index (χ1n) is 7.74. The summed E-state index contributed by atoms with van der Waals surface area (Å²) in [6, 6.07) is 16.0. The van der Waals surface area contributed by atoms with E-state index in [1.807, 2.05) is 36.4 Å². The van der Waals surface area contributed by atoms with Gasteiger partial charge in [0.05, 0.1) is 0 Å². The number of aromatic nitrogens is 1. The van der Waals surface area contributed by atoms with Crippen molar-refractivity contribution in [2.45, 2.75) is 20.4 Å². The molecule has 2 aromatic carbocycles. The lowest BCUT2D eigenvalue weighted by atomic mass is 10.1. The van der Waals surface area contributed by atoms with Gasteiger partial charge in [-0.1, -0.05) is 36.4 Å². The van der Waals surface area contributed by atoms with Crippen molar-refractivity contribution in [1.29, 1.82) is 0 Å². The van der Waals surface area contributed by atoms with Crippen molar-refractivity contribution >= 4 is 28.1 Å². The Morgan fingerprint density at radius 1 is 1.08 bits per heavy atom. The number of nitrogens with one attached hydrogen (secondary N) is 2. The predicted molar refractivity (Wildman–Crippen MR) is 98.9 cm³/mol. The first-order valence-corrected chi connectivity index (χ1v) is 8.62. The molecule has 1 amide bonds. The lowest BCUT2D eigenvalue weighted by Crippen LogP contribution is -2.23. The van der Waals surface area contributed by atoms with Gasteiger partial charge in [-0.15, -0.1) is 11.3 Å². The average molecular weight is 337 g/mol. The maximum Gasteiger partial charge on any atom is 0.271 e. The Morgan fingerprint density at radius 2 is 1.88 bits per heavy atom. The van der Waals surface area contributed by atoms with Gasteiger partial charge >= 0.3 is 0 Å². The molecule has 24 heavy (non-hydrogen) atoms. The smallest absolute Gasteiger partial charge is 0.271 e. The van der Waals surface area contributed by atoms with E-state index in [9.17, 15) is 4.79 Å². The Morgan fingerprint density at radius 3 is 2.62 bits per heavy atom. The van der Waals surface area contributed by atoms with Crippen LogP contribution in [0.2, 0.25) is 0 Å². The van der Waals surface area contributed by atoms with E-state index in [4.69, 9.17) is 0 Å². The third kappa shape index (κ3) is 4.00. The molecule has 0 aliphatic rings. The van der Waals surface area contributed by atoms with Crippen molar-refractivity contribution in [1.82, 2.24) is 10.3 Å². The largest absolute Gasteiger partial charge is 0.347 e. The van der Waals surface area contributed by atoms with Gasteiger partial charge in [-0.3, -0.25) is 4.79 Å². The standard InChI is InChI=1S/C19H19N3OS/c1-13-8-9-16(10-14(13)2)21-19-22-17(12-24-19)18(23)20-11-15-6-4-3-5-7-15/h3-10,12H,11H2,1-2H3,(H,20,23)(H,21,22). The Kier molecular flexibility index (Phi) is 4.91. The van der Waals surface area contributed by atoms with Crippen molar-refractivity contribution in [3.63, 3.8) is 0 Å². The van der Waals surface area contributed by atoms with Crippen molar-refractivity contribution in [3.05, 3.63) is 76.3 Å². The number of thiazole rings is 1. The van der Waals surface area contributed by atoms with Crippen LogP contribution in [-0.2, 0) is 6.54 Å². The Hall–Kier alpha value is -2.66. The van der Waals surface area contributed by atoms with Gasteiger partial charge in [-0.05, 0) is 42.7 Å². The summed E-state index contributed by atoms with van der Waals surface area (Å²) < 4.78 is 0. The van der Waals surface area contributed by atoms with E-state index >= 15 is 0 Å². The fourth-order valence-electron chi connectivity index (χ4n) is 2.25. The second-order valence-electron chi connectivity index (χ2n) is 5.63. The monoisotopic (exact) mass is 337 g/mol. The molecule has 3 aromatic rings. The van der Waals surface area contributed by atoms with Gasteiger partial charge < -0.3 is 10.6 Å². The zero-order valence-corrected chi connectivity index (χ0v) is 14.5. The molecule has 1 heterocycles. The molecule has 4 nitrogen and oxygen atoms in total. The van der Waals surface area contributed by atoms with Gasteiger partial charge in [0.25, 0.3) is 5.91 Å². The zero-order valence-electron chi connectivity index (χ0n) is 13.7. The van der Waals surface area contributed by atoms with Gasteiger partial charge in [0.15, 0.2) is 5.13 Å². The third-order valence-corrected chi connectivity index (χ3v) is 4.55. The number of nitrogens with zero attached hydrogens (tertiary/aromatic N) is 1. The molecule has 0 bridgehead atoms. The van der Waals surface area contributed by atoms with E-state index in [0.29, 0.717) is 17.4 Å². The molecule has 0 aliphatic carbocycles. The Bertz CT molecular complexity index is 843. The fraction of sp³-hybridized carbons (Fsp3) is 0.158. The van der Waals surface area contributed by atoms with E-state index in [2.05, 4.69) is 41.6 Å². The number of carbonyl (C=O) groups excluding carboxylic acids is 1. The summed E-state index contributed by atoms with van der Waals surface area (Å²) in [4.78, 5) is 16.6. The maximum atomic E-state index is 12.2. The van der Waals surface area contributed by atoms with Gasteiger partial charge in [0, 0.05) is 17.6 Å². The van der Waals surface area contributed by atoms with E-state index in [1.165, 1.54) is 22.5 Å². The van der Waals surface area contributed by atoms with E-state index in [-0.39, 0.29) is 5.91 Å². The molecule has 3 rings (SSSR count). The molecule has 0 fully saturated rings. The minimum Gasteiger partial charge on any atom is -0.347 e. The van der Waals surface area contributed by atoms with Crippen molar-refractivity contribution in [2.24, 2.45) is 0 Å². The van der Waals surface area contributed by atoms with Crippen LogP contribution in [-0.4, -0.2) is 10.9 Å². The van der Waals surface area contributed by atoms with Crippen LogP contribution in [0.1, 0.15) is 27.2 Å². The van der Waals surface area contributed by atoms with Crippen molar-refractivity contribution in [2.75, 3.05) is 5.32 Å². The number of benzene rings is 2. The van der Waals surface area contributed by atoms with Crippen LogP contribution in [0.4, 0.5) is 10.8 Å². The van der Waals surface area contributed by atoms with E-state index in [0.717, 1.165) is 11.3 Å². The summed E-state index contributed by atoms with van der Waals surface area (Å²) in [6.45, 7) is 4.65. The quantitative estimate of drug-likeness (QED) is 0.724. The predicted octanol–water partition coefficient (Wildman–Crippen LogP) is 4.43. The minimum atomic E-state index is -0.164. The molecule has 0 radical (unpaired) electrons. The van der Waals surface area contributed by atoms with E-state index < -0.39 is 0 Å². The lowest BCUT2D eigenvalue weighted by Gasteiger charge is -2.06. The Balaban J connectivity index is 1.62. The molecule has 0 unspecified atom stereocenters. The lowest BCUT2D eigenvalue weighted by molar-refractivity contribution is 0.0946. The first-order chi connectivity index (χ1) is 11.6. The maximum absolute atomic E-state index is 12.2. The molecule has 0 aliphatic heterocycles. The van der Waals surface area contributed by atoms with Crippen LogP contribution in [0.5, 0.6) is 0 Å². The fourth-order valence-corrected chi connectivity index (χ4v) is 2.96. The number of amides is 1. The zero-order chi connectivity index (χ0) is 16.9.